The molecule has 2 nitrogen and oxygen atoms in total. The lowest BCUT2D eigenvalue weighted by molar-refractivity contribution is 1.47. The Labute approximate surface area is 413 Å². The zero-order valence-electron chi connectivity index (χ0n) is 37.8. The Bertz CT molecular complexity index is 3890. The molecule has 0 saturated carbocycles. The van der Waals surface area contributed by atoms with E-state index in [2.05, 4.69) is 243 Å². The average molecular weight is 925 g/mol. The first-order valence-corrected chi connectivity index (χ1v) is 25.4. The zero-order chi connectivity index (χ0) is 46.1. The molecule has 326 valence electrons. The van der Waals surface area contributed by atoms with Gasteiger partial charge in [0.15, 0.2) is 0 Å². The van der Waals surface area contributed by atoms with Gasteiger partial charge in [0.05, 0.1) is 20.4 Å². The Morgan fingerprint density at radius 1 is 0.214 bits per heavy atom. The lowest BCUT2D eigenvalue weighted by atomic mass is 9.79. The first-order chi connectivity index (χ1) is 34.7. The van der Waals surface area contributed by atoms with Gasteiger partial charge >= 0.3 is 0 Å². The van der Waals surface area contributed by atoms with Crippen LogP contribution < -0.4 is 0 Å². The number of fused-ring (bicyclic) bond motifs is 6. The normalized spacial score (nSPS) is 11.7. The highest BCUT2D eigenvalue weighted by Crippen LogP contribution is 2.52. The fourth-order valence-corrected chi connectivity index (χ4v) is 12.8. The Kier molecular flexibility index (Phi) is 9.61. The predicted molar refractivity (Wildman–Crippen MR) is 301 cm³/mol. The topological polar surface area (TPSA) is 25.8 Å². The standard InChI is InChI=1S/C66H40N2S2/c1-3-19-47(45(17-1)41-33-37-43(38-34-41)65-67-57-29-13-15-31-59(57)69-65)61-49-21-5-9-25-53(49)63(54-26-10-6-22-50(54)61)64-55-27-11-7-23-51(55)62(52-24-8-12-28-56(52)64)48-20-4-2-18-46(48)42-35-39-44(40-36-42)66-68-58-30-14-16-32-60(58)70-66/h1-40H. The zero-order valence-corrected chi connectivity index (χ0v) is 39.4. The van der Waals surface area contributed by atoms with Crippen LogP contribution in [0.15, 0.2) is 243 Å². The summed E-state index contributed by atoms with van der Waals surface area (Å²) in [6.07, 6.45) is 0. The summed E-state index contributed by atoms with van der Waals surface area (Å²) in [5.41, 5.74) is 16.5. The Hall–Kier alpha value is -8.54. The van der Waals surface area contributed by atoms with Crippen LogP contribution in [0, 0.1) is 0 Å². The minimum Gasteiger partial charge on any atom is -0.236 e. The van der Waals surface area contributed by atoms with Crippen LogP contribution in [0.4, 0.5) is 0 Å². The molecule has 0 amide bonds. The summed E-state index contributed by atoms with van der Waals surface area (Å²) < 4.78 is 2.41. The second-order valence-electron chi connectivity index (χ2n) is 17.9. The molecule has 0 fully saturated rings. The number of rotatable bonds is 7. The molecule has 14 aromatic rings. The second kappa shape index (κ2) is 16.6. The average Bonchev–Trinajstić information content (AvgIpc) is 4.08. The monoisotopic (exact) mass is 924 g/mol. The highest BCUT2D eigenvalue weighted by molar-refractivity contribution is 7.22. The van der Waals surface area contributed by atoms with Crippen LogP contribution >= 0.6 is 22.7 Å². The van der Waals surface area contributed by atoms with Crippen molar-refractivity contribution >= 4 is 86.2 Å². The van der Waals surface area contributed by atoms with Crippen molar-refractivity contribution in [1.82, 2.24) is 9.97 Å². The molecule has 0 aliphatic rings. The van der Waals surface area contributed by atoms with Crippen LogP contribution in [0.5, 0.6) is 0 Å². The Morgan fingerprint density at radius 2 is 0.471 bits per heavy atom. The smallest absolute Gasteiger partial charge is 0.124 e. The van der Waals surface area contributed by atoms with Gasteiger partial charge in [0.2, 0.25) is 0 Å². The van der Waals surface area contributed by atoms with E-state index < -0.39 is 0 Å². The number of hydrogen-bond acceptors (Lipinski definition) is 4. The van der Waals surface area contributed by atoms with E-state index in [1.807, 2.05) is 0 Å². The van der Waals surface area contributed by atoms with Crippen LogP contribution in [-0.4, -0.2) is 9.97 Å². The van der Waals surface area contributed by atoms with Gasteiger partial charge in [-0.3, -0.25) is 0 Å². The molecule has 0 saturated heterocycles. The third-order valence-electron chi connectivity index (χ3n) is 14.0. The Morgan fingerprint density at radius 3 is 0.800 bits per heavy atom. The molecule has 2 aromatic heterocycles. The fraction of sp³-hybridized carbons (Fsp3) is 0. The van der Waals surface area contributed by atoms with Gasteiger partial charge in [0, 0.05) is 11.1 Å². The molecule has 4 heteroatoms. The van der Waals surface area contributed by atoms with Gasteiger partial charge in [-0.2, -0.15) is 0 Å². The van der Waals surface area contributed by atoms with Gasteiger partial charge in [-0.05, 0) is 123 Å². The van der Waals surface area contributed by atoms with Crippen LogP contribution in [-0.2, 0) is 0 Å². The SMILES string of the molecule is c1ccc(-c2c3ccccc3c(-c3c4ccccc4c(-c4ccccc4-c4ccc(-c5nc6ccccc6s5)cc4)c4ccccc34)c3ccccc23)c(-c2ccc(-c3nc4ccccc4s3)cc2)c1. The molecule has 0 radical (unpaired) electrons. The van der Waals surface area contributed by atoms with Gasteiger partial charge < -0.3 is 0 Å². The van der Waals surface area contributed by atoms with Crippen molar-refractivity contribution in [3.05, 3.63) is 243 Å². The van der Waals surface area contributed by atoms with Gasteiger partial charge in [0.25, 0.3) is 0 Å². The minimum atomic E-state index is 1.04. The quantitative estimate of drug-likeness (QED) is 0.149. The number of aromatic nitrogens is 2. The lowest BCUT2D eigenvalue weighted by Crippen LogP contribution is -1.96. The minimum absolute atomic E-state index is 1.04. The molecule has 0 unspecified atom stereocenters. The van der Waals surface area contributed by atoms with Crippen LogP contribution in [0.25, 0.3) is 140 Å². The van der Waals surface area contributed by atoms with Crippen molar-refractivity contribution < 1.29 is 0 Å². The summed E-state index contributed by atoms with van der Waals surface area (Å²) in [6.45, 7) is 0. The third kappa shape index (κ3) is 6.60. The van der Waals surface area contributed by atoms with E-state index in [1.54, 1.807) is 22.7 Å². The number of benzene rings is 12. The van der Waals surface area contributed by atoms with Crippen molar-refractivity contribution in [2.24, 2.45) is 0 Å². The molecule has 0 bridgehead atoms. The first-order valence-electron chi connectivity index (χ1n) is 23.7. The van der Waals surface area contributed by atoms with Crippen molar-refractivity contribution in [2.45, 2.75) is 0 Å². The summed E-state index contributed by atoms with van der Waals surface area (Å²) in [5.74, 6) is 0. The maximum atomic E-state index is 4.96. The maximum absolute atomic E-state index is 4.96. The van der Waals surface area contributed by atoms with Crippen molar-refractivity contribution in [3.63, 3.8) is 0 Å². The van der Waals surface area contributed by atoms with Crippen LogP contribution in [0.3, 0.4) is 0 Å². The molecule has 0 aliphatic carbocycles. The second-order valence-corrected chi connectivity index (χ2v) is 20.0. The maximum Gasteiger partial charge on any atom is 0.124 e. The molecule has 0 aliphatic heterocycles. The van der Waals surface area contributed by atoms with E-state index in [9.17, 15) is 0 Å². The summed E-state index contributed by atoms with van der Waals surface area (Å²) >= 11 is 3.48. The fourth-order valence-electron chi connectivity index (χ4n) is 10.9. The van der Waals surface area contributed by atoms with Gasteiger partial charge in [0.1, 0.15) is 10.0 Å². The molecule has 12 aromatic carbocycles. The number of nitrogens with zero attached hydrogens (tertiary/aromatic N) is 2. The highest BCUT2D eigenvalue weighted by Gasteiger charge is 2.24. The van der Waals surface area contributed by atoms with E-state index >= 15 is 0 Å². The van der Waals surface area contributed by atoms with E-state index in [-0.39, 0.29) is 0 Å². The van der Waals surface area contributed by atoms with Crippen LogP contribution in [0.2, 0.25) is 0 Å². The third-order valence-corrected chi connectivity index (χ3v) is 16.2. The molecular formula is C66H40N2S2. The number of hydrogen-bond donors (Lipinski definition) is 0. The highest BCUT2D eigenvalue weighted by atomic mass is 32.1. The van der Waals surface area contributed by atoms with Gasteiger partial charge in [-0.15, -0.1) is 22.7 Å². The van der Waals surface area contributed by atoms with E-state index in [0.29, 0.717) is 0 Å². The van der Waals surface area contributed by atoms with Gasteiger partial charge in [-0.25, -0.2) is 9.97 Å². The number of para-hydroxylation sites is 2. The molecule has 0 spiro atoms. The van der Waals surface area contributed by atoms with Crippen LogP contribution in [0.1, 0.15) is 0 Å². The summed E-state index contributed by atoms with van der Waals surface area (Å²) in [6, 6.07) is 88.8. The molecule has 2 heterocycles. The summed E-state index contributed by atoms with van der Waals surface area (Å²) in [5, 5.41) is 11.9. The lowest BCUT2D eigenvalue weighted by Gasteiger charge is -2.23. The molecule has 0 atom stereocenters. The van der Waals surface area contributed by atoms with Crippen molar-refractivity contribution in [1.29, 1.82) is 0 Å². The van der Waals surface area contributed by atoms with Crippen molar-refractivity contribution in [3.8, 4) is 76.8 Å². The van der Waals surface area contributed by atoms with Gasteiger partial charge in [-0.1, -0.05) is 218 Å². The number of thiazole rings is 2. The molecular weight excluding hydrogens is 885 g/mol. The van der Waals surface area contributed by atoms with E-state index in [0.717, 1.165) is 32.2 Å². The largest absolute Gasteiger partial charge is 0.236 e. The Balaban J connectivity index is 0.951. The van der Waals surface area contributed by atoms with Crippen molar-refractivity contribution in [2.75, 3.05) is 0 Å². The molecule has 70 heavy (non-hydrogen) atoms. The summed E-state index contributed by atoms with van der Waals surface area (Å²) in [4.78, 5) is 9.92. The van der Waals surface area contributed by atoms with E-state index in [1.165, 1.54) is 108 Å². The summed E-state index contributed by atoms with van der Waals surface area (Å²) in [7, 11) is 0. The molecule has 14 rings (SSSR count). The van der Waals surface area contributed by atoms with E-state index in [4.69, 9.17) is 9.97 Å². The predicted octanol–water partition coefficient (Wildman–Crippen LogP) is 19.2. The first kappa shape index (κ1) is 40.5. The molecule has 0 N–H and O–H groups in total.